The van der Waals surface area contributed by atoms with E-state index in [4.69, 9.17) is 4.74 Å². The van der Waals surface area contributed by atoms with Crippen molar-refractivity contribution >= 4 is 6.09 Å². The first-order chi connectivity index (χ1) is 8.19. The molecule has 0 aromatic rings. The van der Waals surface area contributed by atoms with Gasteiger partial charge in [-0.15, -0.1) is 0 Å². The topological polar surface area (TPSA) is 81.5 Å². The summed E-state index contributed by atoms with van der Waals surface area (Å²) in [6.45, 7) is 7.07. The SMILES string of the molecule is CC1=CCC(NC(=O)OC(C)(C)C)CC1[N+](=O)[O-]. The first-order valence-corrected chi connectivity index (χ1v) is 5.98. The van der Waals surface area contributed by atoms with Crippen LogP contribution in [-0.2, 0) is 4.74 Å². The molecule has 2 unspecified atom stereocenters. The summed E-state index contributed by atoms with van der Waals surface area (Å²) < 4.78 is 5.12. The van der Waals surface area contributed by atoms with Crippen molar-refractivity contribution in [3.05, 3.63) is 21.8 Å². The molecule has 0 aliphatic heterocycles. The number of rotatable bonds is 2. The molecule has 18 heavy (non-hydrogen) atoms. The fourth-order valence-electron chi connectivity index (χ4n) is 1.86. The lowest BCUT2D eigenvalue weighted by Crippen LogP contribution is -2.43. The first-order valence-electron chi connectivity index (χ1n) is 5.98. The zero-order valence-electron chi connectivity index (χ0n) is 11.2. The van der Waals surface area contributed by atoms with Crippen LogP contribution < -0.4 is 5.32 Å². The van der Waals surface area contributed by atoms with E-state index in [0.29, 0.717) is 12.8 Å². The maximum Gasteiger partial charge on any atom is 0.407 e. The zero-order chi connectivity index (χ0) is 13.9. The molecule has 6 heteroatoms. The maximum absolute atomic E-state index is 11.6. The van der Waals surface area contributed by atoms with Crippen LogP contribution in [0, 0.1) is 10.1 Å². The molecule has 1 aliphatic rings. The molecule has 2 atom stereocenters. The van der Waals surface area contributed by atoms with Gasteiger partial charge < -0.3 is 10.1 Å². The van der Waals surface area contributed by atoms with Crippen LogP contribution in [0.5, 0.6) is 0 Å². The van der Waals surface area contributed by atoms with E-state index in [0.717, 1.165) is 5.57 Å². The van der Waals surface area contributed by atoms with Gasteiger partial charge in [0.15, 0.2) is 0 Å². The Bertz CT molecular complexity index is 371. The Morgan fingerprint density at radius 3 is 2.67 bits per heavy atom. The van der Waals surface area contributed by atoms with Crippen molar-refractivity contribution in [3.63, 3.8) is 0 Å². The Balaban J connectivity index is 2.55. The summed E-state index contributed by atoms with van der Waals surface area (Å²) in [6, 6.07) is -0.947. The lowest BCUT2D eigenvalue weighted by molar-refractivity contribution is -0.514. The average Bonchev–Trinajstić information content (AvgIpc) is 2.17. The van der Waals surface area contributed by atoms with Crippen molar-refractivity contribution in [3.8, 4) is 0 Å². The molecule has 0 saturated heterocycles. The standard InChI is InChI=1S/C12H20N2O4/c1-8-5-6-9(7-10(8)14(16)17)13-11(15)18-12(2,3)4/h5,9-10H,6-7H2,1-4H3,(H,13,15). The van der Waals surface area contributed by atoms with Crippen LogP contribution in [0.25, 0.3) is 0 Å². The molecule has 0 aromatic heterocycles. The molecule has 1 rings (SSSR count). The molecular formula is C12H20N2O4. The lowest BCUT2D eigenvalue weighted by Gasteiger charge is -2.26. The van der Waals surface area contributed by atoms with Crippen molar-refractivity contribution in [1.29, 1.82) is 0 Å². The second-order valence-electron chi connectivity index (χ2n) is 5.56. The van der Waals surface area contributed by atoms with Gasteiger partial charge in [0.05, 0.1) is 0 Å². The van der Waals surface area contributed by atoms with Gasteiger partial charge in [0.1, 0.15) is 5.60 Å². The molecule has 0 spiro atoms. The molecule has 0 aromatic carbocycles. The van der Waals surface area contributed by atoms with Crippen molar-refractivity contribution in [2.24, 2.45) is 0 Å². The van der Waals surface area contributed by atoms with Crippen LogP contribution in [0.15, 0.2) is 11.6 Å². The van der Waals surface area contributed by atoms with E-state index < -0.39 is 17.7 Å². The van der Waals surface area contributed by atoms with E-state index in [2.05, 4.69) is 5.32 Å². The van der Waals surface area contributed by atoms with Gasteiger partial charge >= 0.3 is 6.09 Å². The van der Waals surface area contributed by atoms with E-state index in [1.807, 2.05) is 0 Å². The largest absolute Gasteiger partial charge is 0.444 e. The van der Waals surface area contributed by atoms with Crippen LogP contribution in [-0.4, -0.2) is 28.7 Å². The summed E-state index contributed by atoms with van der Waals surface area (Å²) in [6.07, 6.45) is 2.20. The molecule has 0 saturated carbocycles. The number of hydrogen-bond donors (Lipinski definition) is 1. The highest BCUT2D eigenvalue weighted by atomic mass is 16.6. The minimum atomic E-state index is -0.710. The average molecular weight is 256 g/mol. The summed E-state index contributed by atoms with van der Waals surface area (Å²) >= 11 is 0. The van der Waals surface area contributed by atoms with Gasteiger partial charge in [0.25, 0.3) is 0 Å². The Morgan fingerprint density at radius 1 is 1.56 bits per heavy atom. The fourth-order valence-corrected chi connectivity index (χ4v) is 1.86. The van der Waals surface area contributed by atoms with Crippen molar-refractivity contribution in [1.82, 2.24) is 5.32 Å². The Kier molecular flexibility index (Phi) is 4.32. The number of nitro groups is 1. The van der Waals surface area contributed by atoms with Gasteiger partial charge in [-0.25, -0.2) is 4.79 Å². The molecule has 102 valence electrons. The zero-order valence-corrected chi connectivity index (χ0v) is 11.2. The second-order valence-corrected chi connectivity index (χ2v) is 5.56. The fraction of sp³-hybridized carbons (Fsp3) is 0.750. The highest BCUT2D eigenvalue weighted by molar-refractivity contribution is 5.68. The van der Waals surface area contributed by atoms with Crippen molar-refractivity contribution < 1.29 is 14.5 Å². The third kappa shape index (κ3) is 4.35. The quantitative estimate of drug-likeness (QED) is 0.467. The Hall–Kier alpha value is -1.59. The number of ether oxygens (including phenoxy) is 1. The van der Waals surface area contributed by atoms with E-state index >= 15 is 0 Å². The van der Waals surface area contributed by atoms with Crippen LogP contribution >= 0.6 is 0 Å². The van der Waals surface area contributed by atoms with E-state index in [1.54, 1.807) is 33.8 Å². The summed E-state index contributed by atoms with van der Waals surface area (Å²) in [7, 11) is 0. The number of carbonyl (C=O) groups is 1. The summed E-state index contributed by atoms with van der Waals surface area (Å²) in [5.74, 6) is 0. The third-order valence-electron chi connectivity index (χ3n) is 2.73. The number of nitrogens with zero attached hydrogens (tertiary/aromatic N) is 1. The molecule has 0 fully saturated rings. The van der Waals surface area contributed by atoms with Gasteiger partial charge in [0.2, 0.25) is 6.04 Å². The molecule has 1 amide bonds. The second kappa shape index (κ2) is 5.37. The Labute approximate surface area is 107 Å². The number of nitrogens with one attached hydrogen (secondary N) is 1. The lowest BCUT2D eigenvalue weighted by atomic mass is 9.92. The molecule has 6 nitrogen and oxygen atoms in total. The van der Waals surface area contributed by atoms with Crippen molar-refractivity contribution in [2.75, 3.05) is 0 Å². The highest BCUT2D eigenvalue weighted by Crippen LogP contribution is 2.21. The van der Waals surface area contributed by atoms with E-state index in [9.17, 15) is 14.9 Å². The Morgan fingerprint density at radius 2 is 2.17 bits per heavy atom. The van der Waals surface area contributed by atoms with Crippen molar-refractivity contribution in [2.45, 2.75) is 58.2 Å². The van der Waals surface area contributed by atoms with E-state index in [-0.39, 0.29) is 11.0 Å². The molecular weight excluding hydrogens is 236 g/mol. The van der Waals surface area contributed by atoms with Gasteiger partial charge in [-0.05, 0) is 39.7 Å². The number of hydrogen-bond acceptors (Lipinski definition) is 4. The maximum atomic E-state index is 11.6. The minimum Gasteiger partial charge on any atom is -0.444 e. The molecule has 1 N–H and O–H groups in total. The third-order valence-corrected chi connectivity index (χ3v) is 2.73. The highest BCUT2D eigenvalue weighted by Gasteiger charge is 2.31. The van der Waals surface area contributed by atoms with E-state index in [1.165, 1.54) is 0 Å². The van der Waals surface area contributed by atoms with Crippen LogP contribution in [0.4, 0.5) is 4.79 Å². The predicted octanol–water partition coefficient (Wildman–Crippen LogP) is 2.27. The molecule has 0 heterocycles. The number of carbonyl (C=O) groups excluding carboxylic acids is 1. The van der Waals surface area contributed by atoms with Crippen LogP contribution in [0.2, 0.25) is 0 Å². The molecule has 0 bridgehead atoms. The first kappa shape index (κ1) is 14.5. The van der Waals surface area contributed by atoms with Crippen LogP contribution in [0.1, 0.15) is 40.5 Å². The van der Waals surface area contributed by atoms with Crippen LogP contribution in [0.3, 0.4) is 0 Å². The molecule has 1 aliphatic carbocycles. The van der Waals surface area contributed by atoms with Gasteiger partial charge in [0, 0.05) is 17.4 Å². The number of alkyl carbamates (subject to hydrolysis) is 1. The normalized spacial score (nSPS) is 24.1. The minimum absolute atomic E-state index is 0.237. The summed E-state index contributed by atoms with van der Waals surface area (Å²) in [4.78, 5) is 22.1. The van der Waals surface area contributed by atoms with Gasteiger partial charge in [-0.2, -0.15) is 0 Å². The molecule has 0 radical (unpaired) electrons. The van der Waals surface area contributed by atoms with Gasteiger partial charge in [-0.3, -0.25) is 10.1 Å². The summed E-state index contributed by atoms with van der Waals surface area (Å²) in [5.41, 5.74) is 0.190. The monoisotopic (exact) mass is 256 g/mol. The smallest absolute Gasteiger partial charge is 0.407 e. The predicted molar refractivity (Wildman–Crippen MR) is 66.9 cm³/mol. The number of amides is 1. The van der Waals surface area contributed by atoms with Gasteiger partial charge in [-0.1, -0.05) is 6.08 Å². The summed E-state index contributed by atoms with van der Waals surface area (Å²) in [5, 5.41) is 13.5.